The van der Waals surface area contributed by atoms with Gasteiger partial charge in [0.25, 0.3) is 0 Å². The first-order valence-electron chi connectivity index (χ1n) is 13.3. The van der Waals surface area contributed by atoms with Gasteiger partial charge in [-0.3, -0.25) is 9.55 Å². The lowest BCUT2D eigenvalue weighted by Gasteiger charge is -2.13. The van der Waals surface area contributed by atoms with Gasteiger partial charge in [-0.2, -0.15) is 0 Å². The summed E-state index contributed by atoms with van der Waals surface area (Å²) in [6.07, 6.45) is 3.86. The Balaban J connectivity index is 1.45. The number of benzene rings is 4. The molecule has 0 atom stereocenters. The van der Waals surface area contributed by atoms with Crippen LogP contribution >= 0.6 is 0 Å². The maximum absolute atomic E-state index is 6.34. The third-order valence-corrected chi connectivity index (χ3v) is 7.86. The Morgan fingerprint density at radius 3 is 2.17 bits per heavy atom. The Morgan fingerprint density at radius 2 is 1.27 bits per heavy atom. The fourth-order valence-electron chi connectivity index (χ4n) is 6.07. The summed E-state index contributed by atoms with van der Waals surface area (Å²) in [6, 6.07) is 37.4. The molecule has 186 valence electrons. The summed E-state index contributed by atoms with van der Waals surface area (Å²) in [7, 11) is 0. The maximum Gasteiger partial charge on any atom is 0.164 e. The van der Waals surface area contributed by atoms with Crippen LogP contribution in [-0.4, -0.2) is 19.5 Å². The standard InChI is InChI=1S/C35H20N4O/c1-2-10-21(11-3-1)31-23-13-5-4-12-22(23)18-30(38-31)39-28-16-8-6-14-24(28)26-19-37-33-32(34(26)39)36-20-27-25-15-7-9-17-29(25)40-35(27)33/h1-20H. The summed E-state index contributed by atoms with van der Waals surface area (Å²) < 4.78 is 8.57. The lowest BCUT2D eigenvalue weighted by atomic mass is 10.0. The summed E-state index contributed by atoms with van der Waals surface area (Å²) in [5.41, 5.74) is 7.17. The van der Waals surface area contributed by atoms with Gasteiger partial charge in [-0.1, -0.05) is 91.0 Å². The molecule has 5 aromatic heterocycles. The minimum absolute atomic E-state index is 0.745. The second kappa shape index (κ2) is 7.98. The van der Waals surface area contributed by atoms with Crippen molar-refractivity contribution in [3.05, 3.63) is 122 Å². The largest absolute Gasteiger partial charge is 0.454 e. The number of pyridine rings is 3. The first-order valence-corrected chi connectivity index (χ1v) is 13.3. The van der Waals surface area contributed by atoms with Crippen molar-refractivity contribution in [3.63, 3.8) is 0 Å². The molecule has 0 unspecified atom stereocenters. The van der Waals surface area contributed by atoms with Crippen LogP contribution in [0.5, 0.6) is 0 Å². The molecule has 0 amide bonds. The number of hydrogen-bond acceptors (Lipinski definition) is 4. The zero-order valence-electron chi connectivity index (χ0n) is 21.2. The van der Waals surface area contributed by atoms with Crippen LogP contribution in [0.2, 0.25) is 0 Å². The van der Waals surface area contributed by atoms with Crippen LogP contribution in [0.1, 0.15) is 0 Å². The van der Waals surface area contributed by atoms with Gasteiger partial charge < -0.3 is 4.42 Å². The van der Waals surface area contributed by atoms with Crippen molar-refractivity contribution >= 4 is 65.6 Å². The van der Waals surface area contributed by atoms with Crippen molar-refractivity contribution in [2.45, 2.75) is 0 Å². The van der Waals surface area contributed by atoms with Gasteiger partial charge in [0.15, 0.2) is 5.58 Å². The summed E-state index contributed by atoms with van der Waals surface area (Å²) in [6.45, 7) is 0. The second-order valence-corrected chi connectivity index (χ2v) is 10.1. The molecule has 9 rings (SSSR count). The number of para-hydroxylation sites is 2. The molecular formula is C35H20N4O. The molecule has 0 fully saturated rings. The number of fused-ring (bicyclic) bond motifs is 10. The van der Waals surface area contributed by atoms with E-state index in [1.54, 1.807) is 0 Å². The van der Waals surface area contributed by atoms with Crippen molar-refractivity contribution < 1.29 is 4.42 Å². The summed E-state index contributed by atoms with van der Waals surface area (Å²) in [5, 5.41) is 6.39. The molecule has 0 bridgehead atoms. The zero-order valence-corrected chi connectivity index (χ0v) is 21.2. The molecule has 40 heavy (non-hydrogen) atoms. The Labute approximate surface area is 228 Å². The van der Waals surface area contributed by atoms with E-state index >= 15 is 0 Å². The molecule has 5 nitrogen and oxygen atoms in total. The number of aromatic nitrogens is 4. The summed E-state index contributed by atoms with van der Waals surface area (Å²) in [5.74, 6) is 0.836. The third kappa shape index (κ3) is 2.89. The number of furan rings is 1. The average molecular weight is 513 g/mol. The molecule has 5 heterocycles. The van der Waals surface area contributed by atoms with Crippen LogP contribution in [0, 0.1) is 0 Å². The normalized spacial score (nSPS) is 12.0. The Morgan fingerprint density at radius 1 is 0.575 bits per heavy atom. The van der Waals surface area contributed by atoms with Crippen molar-refractivity contribution in [1.29, 1.82) is 0 Å². The van der Waals surface area contributed by atoms with Gasteiger partial charge in [0, 0.05) is 44.9 Å². The SMILES string of the molecule is c1ccc(-c2nc(-n3c4ccccc4c4cnc5c(ncc6c7ccccc7oc65)c43)cc3ccccc23)cc1. The summed E-state index contributed by atoms with van der Waals surface area (Å²) >= 11 is 0. The van der Waals surface area contributed by atoms with E-state index in [2.05, 4.69) is 89.5 Å². The molecule has 0 saturated carbocycles. The molecule has 0 aliphatic rings. The van der Waals surface area contributed by atoms with Crippen LogP contribution in [0.3, 0.4) is 0 Å². The lowest BCUT2D eigenvalue weighted by Crippen LogP contribution is -2.01. The van der Waals surface area contributed by atoms with E-state index in [1.165, 1.54) is 0 Å². The molecule has 0 saturated heterocycles. The number of nitrogens with zero attached hydrogens (tertiary/aromatic N) is 4. The second-order valence-electron chi connectivity index (χ2n) is 10.1. The Kier molecular flexibility index (Phi) is 4.27. The van der Waals surface area contributed by atoms with E-state index in [-0.39, 0.29) is 0 Å². The monoisotopic (exact) mass is 512 g/mol. The van der Waals surface area contributed by atoms with Gasteiger partial charge >= 0.3 is 0 Å². The minimum Gasteiger partial charge on any atom is -0.454 e. The van der Waals surface area contributed by atoms with Gasteiger partial charge in [-0.05, 0) is 23.6 Å². The highest BCUT2D eigenvalue weighted by Crippen LogP contribution is 2.39. The molecule has 9 aromatic rings. The maximum atomic E-state index is 6.34. The quantitative estimate of drug-likeness (QED) is 0.232. The Bertz CT molecular complexity index is 2440. The topological polar surface area (TPSA) is 56.7 Å². The first-order chi connectivity index (χ1) is 19.8. The van der Waals surface area contributed by atoms with E-state index in [0.717, 1.165) is 82.6 Å². The third-order valence-electron chi connectivity index (χ3n) is 7.86. The minimum atomic E-state index is 0.745. The van der Waals surface area contributed by atoms with Gasteiger partial charge in [-0.15, -0.1) is 0 Å². The molecule has 0 radical (unpaired) electrons. The van der Waals surface area contributed by atoms with E-state index in [9.17, 15) is 0 Å². The van der Waals surface area contributed by atoms with E-state index in [1.807, 2.05) is 36.7 Å². The van der Waals surface area contributed by atoms with E-state index in [0.29, 0.717) is 0 Å². The number of rotatable bonds is 2. The predicted octanol–water partition coefficient (Wildman–Crippen LogP) is 8.84. The van der Waals surface area contributed by atoms with Gasteiger partial charge in [0.05, 0.1) is 16.7 Å². The number of hydrogen-bond donors (Lipinski definition) is 0. The van der Waals surface area contributed by atoms with Gasteiger partial charge in [0.1, 0.15) is 22.4 Å². The molecule has 0 aliphatic heterocycles. The highest BCUT2D eigenvalue weighted by atomic mass is 16.3. The predicted molar refractivity (Wildman–Crippen MR) is 162 cm³/mol. The van der Waals surface area contributed by atoms with Crippen LogP contribution in [0.15, 0.2) is 126 Å². The first kappa shape index (κ1) is 21.4. The molecular weight excluding hydrogens is 492 g/mol. The fourth-order valence-corrected chi connectivity index (χ4v) is 6.07. The zero-order chi connectivity index (χ0) is 26.2. The van der Waals surface area contributed by atoms with Gasteiger partial charge in [0.2, 0.25) is 0 Å². The smallest absolute Gasteiger partial charge is 0.164 e. The van der Waals surface area contributed by atoms with Crippen LogP contribution in [0.4, 0.5) is 0 Å². The summed E-state index contributed by atoms with van der Waals surface area (Å²) in [4.78, 5) is 15.2. The van der Waals surface area contributed by atoms with Crippen molar-refractivity contribution in [3.8, 4) is 17.1 Å². The van der Waals surface area contributed by atoms with Crippen LogP contribution in [0.25, 0.3) is 82.6 Å². The lowest BCUT2D eigenvalue weighted by molar-refractivity contribution is 0.671. The molecule has 4 aromatic carbocycles. The highest BCUT2D eigenvalue weighted by Gasteiger charge is 2.21. The van der Waals surface area contributed by atoms with Crippen molar-refractivity contribution in [2.24, 2.45) is 0 Å². The highest BCUT2D eigenvalue weighted by molar-refractivity contribution is 6.21. The Hall–Kier alpha value is -5.55. The van der Waals surface area contributed by atoms with Crippen molar-refractivity contribution in [1.82, 2.24) is 19.5 Å². The molecule has 0 N–H and O–H groups in total. The van der Waals surface area contributed by atoms with E-state index < -0.39 is 0 Å². The van der Waals surface area contributed by atoms with Crippen LogP contribution in [-0.2, 0) is 0 Å². The van der Waals surface area contributed by atoms with Crippen molar-refractivity contribution in [2.75, 3.05) is 0 Å². The van der Waals surface area contributed by atoms with Gasteiger partial charge in [-0.25, -0.2) is 9.97 Å². The molecule has 0 spiro atoms. The molecule has 5 heteroatoms. The fraction of sp³-hybridized carbons (Fsp3) is 0. The molecule has 0 aliphatic carbocycles. The van der Waals surface area contributed by atoms with Crippen LogP contribution < -0.4 is 0 Å². The van der Waals surface area contributed by atoms with E-state index in [4.69, 9.17) is 19.4 Å². The average Bonchev–Trinajstić information content (AvgIpc) is 3.57.